The lowest BCUT2D eigenvalue weighted by Gasteiger charge is -2.03. The SMILES string of the molecule is COC1CCNN1. The first-order chi connectivity index (χ1) is 3.43. The number of hydrazine groups is 1. The summed E-state index contributed by atoms with van der Waals surface area (Å²) in [5.74, 6) is 0. The molecule has 0 bridgehead atoms. The molecule has 0 amide bonds. The Hall–Kier alpha value is -0.120. The van der Waals surface area contributed by atoms with E-state index in [0.29, 0.717) is 0 Å². The zero-order valence-corrected chi connectivity index (χ0v) is 4.40. The first-order valence-electron chi connectivity index (χ1n) is 2.44. The van der Waals surface area contributed by atoms with E-state index in [-0.39, 0.29) is 6.23 Å². The summed E-state index contributed by atoms with van der Waals surface area (Å²) in [7, 11) is 1.70. The van der Waals surface area contributed by atoms with E-state index in [4.69, 9.17) is 4.74 Å². The Balaban J connectivity index is 2.14. The fourth-order valence-electron chi connectivity index (χ4n) is 0.638. The van der Waals surface area contributed by atoms with Crippen molar-refractivity contribution in [3.8, 4) is 0 Å². The predicted molar refractivity (Wildman–Crippen MR) is 26.6 cm³/mol. The number of nitrogens with one attached hydrogen (secondary N) is 2. The summed E-state index contributed by atoms with van der Waals surface area (Å²) in [5, 5.41) is 0. The van der Waals surface area contributed by atoms with Gasteiger partial charge in [-0.25, -0.2) is 5.43 Å². The first kappa shape index (κ1) is 5.03. The van der Waals surface area contributed by atoms with Gasteiger partial charge in [0.15, 0.2) is 0 Å². The summed E-state index contributed by atoms with van der Waals surface area (Å²) in [6, 6.07) is 0. The Labute approximate surface area is 43.0 Å². The molecular formula is C4H10N2O. The van der Waals surface area contributed by atoms with Crippen molar-refractivity contribution in [2.45, 2.75) is 12.6 Å². The van der Waals surface area contributed by atoms with Crippen molar-refractivity contribution in [1.82, 2.24) is 10.9 Å². The molecule has 0 aromatic carbocycles. The van der Waals surface area contributed by atoms with Crippen LogP contribution in [0.1, 0.15) is 6.42 Å². The summed E-state index contributed by atoms with van der Waals surface area (Å²) in [6.45, 7) is 1.01. The molecule has 0 saturated carbocycles. The van der Waals surface area contributed by atoms with Crippen molar-refractivity contribution in [2.75, 3.05) is 13.7 Å². The number of methoxy groups -OCH3 is 1. The van der Waals surface area contributed by atoms with Crippen molar-refractivity contribution >= 4 is 0 Å². The summed E-state index contributed by atoms with van der Waals surface area (Å²) in [4.78, 5) is 0. The van der Waals surface area contributed by atoms with Crippen LogP contribution in [0.25, 0.3) is 0 Å². The molecule has 0 aliphatic carbocycles. The second-order valence-electron chi connectivity index (χ2n) is 1.58. The van der Waals surface area contributed by atoms with Crippen LogP contribution in [0.4, 0.5) is 0 Å². The third kappa shape index (κ3) is 1.12. The van der Waals surface area contributed by atoms with E-state index in [9.17, 15) is 0 Å². The average molecular weight is 102 g/mol. The minimum absolute atomic E-state index is 0.236. The molecule has 1 saturated heterocycles. The van der Waals surface area contributed by atoms with Crippen LogP contribution in [0, 0.1) is 0 Å². The van der Waals surface area contributed by atoms with Crippen molar-refractivity contribution in [3.05, 3.63) is 0 Å². The Morgan fingerprint density at radius 1 is 1.71 bits per heavy atom. The Morgan fingerprint density at radius 2 is 2.57 bits per heavy atom. The van der Waals surface area contributed by atoms with E-state index in [1.165, 1.54) is 0 Å². The Kier molecular flexibility index (Phi) is 1.62. The summed E-state index contributed by atoms with van der Waals surface area (Å²) in [5.41, 5.74) is 5.88. The minimum atomic E-state index is 0.236. The topological polar surface area (TPSA) is 33.3 Å². The highest BCUT2D eigenvalue weighted by Crippen LogP contribution is 1.93. The number of hydrogen-bond acceptors (Lipinski definition) is 3. The van der Waals surface area contributed by atoms with Gasteiger partial charge in [-0.1, -0.05) is 0 Å². The van der Waals surface area contributed by atoms with Crippen LogP contribution in [-0.2, 0) is 4.74 Å². The van der Waals surface area contributed by atoms with E-state index in [0.717, 1.165) is 13.0 Å². The van der Waals surface area contributed by atoms with Gasteiger partial charge in [0.05, 0.1) is 0 Å². The fourth-order valence-corrected chi connectivity index (χ4v) is 0.638. The monoisotopic (exact) mass is 102 g/mol. The van der Waals surface area contributed by atoms with Crippen LogP contribution in [0.5, 0.6) is 0 Å². The molecule has 0 radical (unpaired) electrons. The Bertz CT molecular complexity index is 51.7. The van der Waals surface area contributed by atoms with Gasteiger partial charge < -0.3 is 4.74 Å². The summed E-state index contributed by atoms with van der Waals surface area (Å²) >= 11 is 0. The van der Waals surface area contributed by atoms with Crippen molar-refractivity contribution in [3.63, 3.8) is 0 Å². The molecule has 42 valence electrons. The third-order valence-electron chi connectivity index (χ3n) is 1.08. The summed E-state index contributed by atoms with van der Waals surface area (Å²) < 4.78 is 4.94. The summed E-state index contributed by atoms with van der Waals surface area (Å²) in [6.07, 6.45) is 1.30. The molecule has 3 heteroatoms. The zero-order chi connectivity index (χ0) is 5.11. The van der Waals surface area contributed by atoms with Crippen LogP contribution in [0.2, 0.25) is 0 Å². The maximum Gasteiger partial charge on any atom is 0.121 e. The smallest absolute Gasteiger partial charge is 0.121 e. The molecule has 3 nitrogen and oxygen atoms in total. The molecule has 1 atom stereocenters. The molecule has 0 aromatic rings. The highest BCUT2D eigenvalue weighted by molar-refractivity contribution is 4.59. The molecule has 2 N–H and O–H groups in total. The van der Waals surface area contributed by atoms with Crippen LogP contribution in [0.15, 0.2) is 0 Å². The van der Waals surface area contributed by atoms with Gasteiger partial charge in [0.1, 0.15) is 6.23 Å². The molecule has 7 heavy (non-hydrogen) atoms. The maximum absolute atomic E-state index is 4.94. The van der Waals surface area contributed by atoms with E-state index >= 15 is 0 Å². The van der Waals surface area contributed by atoms with Crippen LogP contribution in [0.3, 0.4) is 0 Å². The first-order valence-corrected chi connectivity index (χ1v) is 2.44. The van der Waals surface area contributed by atoms with Gasteiger partial charge in [-0.2, -0.15) is 0 Å². The van der Waals surface area contributed by atoms with Gasteiger partial charge in [0.25, 0.3) is 0 Å². The van der Waals surface area contributed by atoms with Gasteiger partial charge in [0, 0.05) is 20.1 Å². The van der Waals surface area contributed by atoms with Crippen molar-refractivity contribution in [1.29, 1.82) is 0 Å². The van der Waals surface area contributed by atoms with Gasteiger partial charge in [-0.3, -0.25) is 5.43 Å². The van der Waals surface area contributed by atoms with Crippen LogP contribution in [-0.4, -0.2) is 19.9 Å². The van der Waals surface area contributed by atoms with E-state index in [1.807, 2.05) is 0 Å². The Morgan fingerprint density at radius 3 is 2.86 bits per heavy atom. The molecule has 1 rings (SSSR count). The lowest BCUT2D eigenvalue weighted by molar-refractivity contribution is 0.0865. The number of hydrogen-bond donors (Lipinski definition) is 2. The van der Waals surface area contributed by atoms with E-state index < -0.39 is 0 Å². The molecular weight excluding hydrogens is 92.1 g/mol. The lowest BCUT2D eigenvalue weighted by Crippen LogP contribution is -2.30. The number of ether oxygens (including phenoxy) is 1. The number of rotatable bonds is 1. The molecule has 1 aliphatic heterocycles. The van der Waals surface area contributed by atoms with Crippen molar-refractivity contribution < 1.29 is 4.74 Å². The predicted octanol–water partition coefficient (Wildman–Crippen LogP) is -0.543. The highest BCUT2D eigenvalue weighted by atomic mass is 16.5. The van der Waals surface area contributed by atoms with Gasteiger partial charge in [-0.05, 0) is 0 Å². The van der Waals surface area contributed by atoms with Gasteiger partial charge in [0.2, 0.25) is 0 Å². The highest BCUT2D eigenvalue weighted by Gasteiger charge is 2.10. The standard InChI is InChI=1S/C4H10N2O/c1-7-4-2-3-5-6-4/h4-6H,2-3H2,1H3. The second-order valence-corrected chi connectivity index (χ2v) is 1.58. The molecule has 1 unspecified atom stereocenters. The maximum atomic E-state index is 4.94. The molecule has 1 fully saturated rings. The van der Waals surface area contributed by atoms with Crippen LogP contribution >= 0.6 is 0 Å². The minimum Gasteiger partial charge on any atom is -0.365 e. The molecule has 0 spiro atoms. The second kappa shape index (κ2) is 2.26. The third-order valence-corrected chi connectivity index (χ3v) is 1.08. The normalized spacial score (nSPS) is 31.3. The van der Waals surface area contributed by atoms with E-state index in [2.05, 4.69) is 10.9 Å². The molecule has 1 heterocycles. The molecule has 1 aliphatic rings. The van der Waals surface area contributed by atoms with Gasteiger partial charge in [-0.15, -0.1) is 0 Å². The van der Waals surface area contributed by atoms with Crippen molar-refractivity contribution in [2.24, 2.45) is 0 Å². The van der Waals surface area contributed by atoms with E-state index in [1.54, 1.807) is 7.11 Å². The largest absolute Gasteiger partial charge is 0.365 e. The van der Waals surface area contributed by atoms with Crippen LogP contribution < -0.4 is 10.9 Å². The molecule has 0 aromatic heterocycles. The van der Waals surface area contributed by atoms with Gasteiger partial charge >= 0.3 is 0 Å². The quantitative estimate of drug-likeness (QED) is 0.466. The zero-order valence-electron chi connectivity index (χ0n) is 4.40. The average Bonchev–Trinajstić information content (AvgIpc) is 2.14. The fraction of sp³-hybridized carbons (Fsp3) is 1.00. The lowest BCUT2D eigenvalue weighted by atomic mass is 10.4.